The second kappa shape index (κ2) is 6.70. The highest BCUT2D eigenvalue weighted by molar-refractivity contribution is 7.91. The Bertz CT molecular complexity index is 762. The van der Waals surface area contributed by atoms with Gasteiger partial charge < -0.3 is 14.0 Å². The van der Waals surface area contributed by atoms with Gasteiger partial charge in [0.25, 0.3) is 10.0 Å². The zero-order valence-electron chi connectivity index (χ0n) is 12.9. The first-order chi connectivity index (χ1) is 11.0. The van der Waals surface area contributed by atoms with Crippen LogP contribution in [0.3, 0.4) is 0 Å². The number of hydrogen-bond acceptors (Lipinski definition) is 7. The highest BCUT2D eigenvalue weighted by Gasteiger charge is 2.27. The Hall–Kier alpha value is -1.26. The molecule has 0 aliphatic carbocycles. The monoisotopic (exact) mass is 358 g/mol. The van der Waals surface area contributed by atoms with Crippen molar-refractivity contribution in [3.05, 3.63) is 23.2 Å². The van der Waals surface area contributed by atoms with E-state index in [9.17, 15) is 8.42 Å². The molecular formula is C14H18N2O5S2. The molecule has 0 aromatic carbocycles. The van der Waals surface area contributed by atoms with Gasteiger partial charge in [-0.05, 0) is 13.0 Å². The van der Waals surface area contributed by atoms with Crippen LogP contribution in [0.25, 0.3) is 11.3 Å². The molecule has 0 spiro atoms. The minimum atomic E-state index is -3.56. The normalized spacial score (nSPS) is 19.3. The van der Waals surface area contributed by atoms with Crippen LogP contribution in [0.5, 0.6) is 0 Å². The van der Waals surface area contributed by atoms with Gasteiger partial charge in [-0.3, -0.25) is 0 Å². The Morgan fingerprint density at radius 1 is 1.39 bits per heavy atom. The quantitative estimate of drug-likeness (QED) is 0.810. The Morgan fingerprint density at radius 2 is 2.22 bits per heavy atom. The van der Waals surface area contributed by atoms with E-state index in [1.165, 1.54) is 4.31 Å². The molecule has 0 radical (unpaired) electrons. The summed E-state index contributed by atoms with van der Waals surface area (Å²) in [6, 6.07) is 3.38. The molecule has 3 rings (SSSR count). The fourth-order valence-electron chi connectivity index (χ4n) is 2.26. The van der Waals surface area contributed by atoms with Crippen LogP contribution in [0.2, 0.25) is 0 Å². The van der Waals surface area contributed by atoms with Gasteiger partial charge in [-0.15, -0.1) is 11.3 Å². The SMILES string of the molecule is Cc1cc(-c2csc(S(=O)(=O)N(C)CC3COCCO3)c2)on1. The molecule has 1 aliphatic rings. The number of aromatic nitrogens is 1. The molecule has 0 saturated carbocycles. The Kier molecular flexibility index (Phi) is 4.83. The van der Waals surface area contributed by atoms with E-state index in [2.05, 4.69) is 5.16 Å². The van der Waals surface area contributed by atoms with Crippen LogP contribution in [0.4, 0.5) is 0 Å². The maximum atomic E-state index is 12.6. The molecule has 1 aliphatic heterocycles. The second-order valence-electron chi connectivity index (χ2n) is 5.34. The molecule has 3 heterocycles. The lowest BCUT2D eigenvalue weighted by molar-refractivity contribution is -0.0908. The highest BCUT2D eigenvalue weighted by atomic mass is 32.2. The third-order valence-corrected chi connectivity index (χ3v) is 6.74. The molecule has 0 N–H and O–H groups in total. The topological polar surface area (TPSA) is 81.9 Å². The van der Waals surface area contributed by atoms with E-state index >= 15 is 0 Å². The molecule has 2 aromatic heterocycles. The van der Waals surface area contributed by atoms with E-state index in [1.807, 2.05) is 6.92 Å². The average Bonchev–Trinajstić information content (AvgIpc) is 3.17. The second-order valence-corrected chi connectivity index (χ2v) is 8.52. The molecule has 7 nitrogen and oxygen atoms in total. The van der Waals surface area contributed by atoms with Gasteiger partial charge in [-0.2, -0.15) is 4.31 Å². The summed E-state index contributed by atoms with van der Waals surface area (Å²) in [4.78, 5) is 0. The van der Waals surface area contributed by atoms with Gasteiger partial charge in [-0.1, -0.05) is 5.16 Å². The van der Waals surface area contributed by atoms with Crippen molar-refractivity contribution >= 4 is 21.4 Å². The highest BCUT2D eigenvalue weighted by Crippen LogP contribution is 2.30. The molecule has 1 fully saturated rings. The van der Waals surface area contributed by atoms with E-state index < -0.39 is 10.0 Å². The molecule has 0 amide bonds. The van der Waals surface area contributed by atoms with E-state index in [-0.39, 0.29) is 16.9 Å². The maximum Gasteiger partial charge on any atom is 0.252 e. The van der Waals surface area contributed by atoms with Crippen LogP contribution < -0.4 is 0 Å². The number of likely N-dealkylation sites (N-methyl/N-ethyl adjacent to an activating group) is 1. The molecule has 126 valence electrons. The number of hydrogen-bond donors (Lipinski definition) is 0. The van der Waals surface area contributed by atoms with E-state index in [1.54, 1.807) is 24.6 Å². The van der Waals surface area contributed by atoms with Crippen LogP contribution in [-0.2, 0) is 19.5 Å². The Labute approximate surface area is 138 Å². The summed E-state index contributed by atoms with van der Waals surface area (Å²) in [5.41, 5.74) is 1.46. The lowest BCUT2D eigenvalue weighted by Gasteiger charge is -2.26. The number of ether oxygens (including phenoxy) is 2. The fourth-order valence-corrected chi connectivity index (χ4v) is 4.84. The van der Waals surface area contributed by atoms with Crippen LogP contribution in [0.1, 0.15) is 5.69 Å². The molecule has 0 bridgehead atoms. The average molecular weight is 358 g/mol. The number of rotatable bonds is 5. The summed E-state index contributed by atoms with van der Waals surface area (Å²) in [7, 11) is -2.02. The predicted molar refractivity (Wildman–Crippen MR) is 84.9 cm³/mol. The van der Waals surface area contributed by atoms with Gasteiger partial charge in [0.2, 0.25) is 0 Å². The van der Waals surface area contributed by atoms with Crippen LogP contribution in [0, 0.1) is 6.92 Å². The van der Waals surface area contributed by atoms with Crippen molar-refractivity contribution in [2.75, 3.05) is 33.4 Å². The fraction of sp³-hybridized carbons (Fsp3) is 0.500. The van der Waals surface area contributed by atoms with Crippen molar-refractivity contribution in [1.29, 1.82) is 0 Å². The predicted octanol–water partition coefficient (Wildman–Crippen LogP) is 1.75. The molecule has 1 atom stereocenters. The van der Waals surface area contributed by atoms with Gasteiger partial charge in [0.15, 0.2) is 5.76 Å². The van der Waals surface area contributed by atoms with Crippen molar-refractivity contribution < 1.29 is 22.4 Å². The first kappa shape index (κ1) is 16.6. The van der Waals surface area contributed by atoms with Crippen LogP contribution in [-0.4, -0.2) is 57.4 Å². The largest absolute Gasteiger partial charge is 0.376 e. The minimum Gasteiger partial charge on any atom is -0.376 e. The first-order valence-corrected chi connectivity index (χ1v) is 9.46. The Balaban J connectivity index is 1.75. The first-order valence-electron chi connectivity index (χ1n) is 7.15. The smallest absolute Gasteiger partial charge is 0.252 e. The van der Waals surface area contributed by atoms with Crippen molar-refractivity contribution in [2.24, 2.45) is 0 Å². The van der Waals surface area contributed by atoms with Crippen LogP contribution in [0.15, 0.2) is 26.2 Å². The third kappa shape index (κ3) is 3.64. The summed E-state index contributed by atoms with van der Waals surface area (Å²) < 4.78 is 42.8. The van der Waals surface area contributed by atoms with Gasteiger partial charge in [-0.25, -0.2) is 8.42 Å². The maximum absolute atomic E-state index is 12.6. The zero-order valence-corrected chi connectivity index (χ0v) is 14.5. The zero-order chi connectivity index (χ0) is 16.4. The minimum absolute atomic E-state index is 0.236. The molecule has 1 saturated heterocycles. The lowest BCUT2D eigenvalue weighted by atomic mass is 10.2. The number of aryl methyl sites for hydroxylation is 1. The van der Waals surface area contributed by atoms with E-state index in [4.69, 9.17) is 14.0 Å². The summed E-state index contributed by atoms with van der Waals surface area (Å²) in [5, 5.41) is 5.57. The van der Waals surface area contributed by atoms with Crippen molar-refractivity contribution in [1.82, 2.24) is 9.46 Å². The molecular weight excluding hydrogens is 340 g/mol. The molecule has 1 unspecified atom stereocenters. The summed E-state index contributed by atoms with van der Waals surface area (Å²) in [6.45, 7) is 3.53. The van der Waals surface area contributed by atoms with E-state index in [0.717, 1.165) is 17.0 Å². The standard InChI is InChI=1S/C14H18N2O5S2/c1-10-5-13(21-15-10)11-6-14(22-9-11)23(17,18)16(2)7-12-8-19-3-4-20-12/h5-6,9,12H,3-4,7-8H2,1-2H3. The molecule has 23 heavy (non-hydrogen) atoms. The van der Waals surface area contributed by atoms with Crippen molar-refractivity contribution in [2.45, 2.75) is 17.2 Å². The Morgan fingerprint density at radius 3 is 2.87 bits per heavy atom. The number of sulfonamides is 1. The van der Waals surface area contributed by atoms with Gasteiger partial charge in [0.1, 0.15) is 4.21 Å². The summed E-state index contributed by atoms with van der Waals surface area (Å²) in [5.74, 6) is 0.562. The van der Waals surface area contributed by atoms with E-state index in [0.29, 0.717) is 31.1 Å². The van der Waals surface area contributed by atoms with Gasteiger partial charge in [0, 0.05) is 30.6 Å². The van der Waals surface area contributed by atoms with Crippen molar-refractivity contribution in [3.8, 4) is 11.3 Å². The summed E-state index contributed by atoms with van der Waals surface area (Å²) in [6.07, 6.45) is -0.236. The number of nitrogens with zero attached hydrogens (tertiary/aromatic N) is 2. The lowest BCUT2D eigenvalue weighted by Crippen LogP contribution is -2.40. The summed E-state index contributed by atoms with van der Waals surface area (Å²) >= 11 is 1.16. The van der Waals surface area contributed by atoms with Gasteiger partial charge >= 0.3 is 0 Å². The van der Waals surface area contributed by atoms with Gasteiger partial charge in [0.05, 0.1) is 31.6 Å². The molecule has 2 aromatic rings. The van der Waals surface area contributed by atoms with Crippen LogP contribution >= 0.6 is 11.3 Å². The van der Waals surface area contributed by atoms with Crippen molar-refractivity contribution in [3.63, 3.8) is 0 Å². The molecule has 9 heteroatoms. The number of thiophene rings is 1. The third-order valence-electron chi connectivity index (χ3n) is 3.50.